The van der Waals surface area contributed by atoms with E-state index in [0.717, 1.165) is 16.7 Å². The lowest BCUT2D eigenvalue weighted by Gasteiger charge is -2.27. The predicted molar refractivity (Wildman–Crippen MR) is 108 cm³/mol. The topological polar surface area (TPSA) is 79.2 Å². The van der Waals surface area contributed by atoms with Gasteiger partial charge in [-0.2, -0.15) is 0 Å². The highest BCUT2D eigenvalue weighted by Gasteiger charge is 2.17. The van der Waals surface area contributed by atoms with Crippen LogP contribution in [0.5, 0.6) is 0 Å². The van der Waals surface area contributed by atoms with Crippen molar-refractivity contribution < 1.29 is 23.8 Å². The summed E-state index contributed by atoms with van der Waals surface area (Å²) in [5.41, 5.74) is 2.99. The largest absolute Gasteiger partial charge is 0.375 e. The van der Waals surface area contributed by atoms with Crippen molar-refractivity contribution in [3.63, 3.8) is 0 Å². The van der Waals surface area contributed by atoms with Crippen LogP contribution in [0.2, 0.25) is 0 Å². The molecule has 0 aliphatic heterocycles. The van der Waals surface area contributed by atoms with Gasteiger partial charge < -0.3 is 19.3 Å². The van der Waals surface area contributed by atoms with Crippen LogP contribution in [-0.2, 0) is 27.3 Å². The van der Waals surface area contributed by atoms with Gasteiger partial charge in [0.1, 0.15) is 6.35 Å². The van der Waals surface area contributed by atoms with Crippen LogP contribution in [0.25, 0.3) is 0 Å². The summed E-state index contributed by atoms with van der Waals surface area (Å²) in [4.78, 5) is 19.7. The normalized spacial score (nSPS) is 12.7. The molecule has 0 bridgehead atoms. The second-order valence-corrected chi connectivity index (χ2v) is 8.11. The standard InChI is InChI=1S/C21H26NO5P/c1-3-13-22(2)21(16-26-14-18-7-5-4-6-8-18)20-11-9-19(10-12-20)15-27-17-28(23,24)25/h1,4-12,21H,13-17H2,2H3,(H2,23,24,25). The van der Waals surface area contributed by atoms with Crippen molar-refractivity contribution in [2.75, 3.05) is 26.5 Å². The Morgan fingerprint density at radius 2 is 1.64 bits per heavy atom. The van der Waals surface area contributed by atoms with Gasteiger partial charge in [0, 0.05) is 0 Å². The minimum Gasteiger partial charge on any atom is -0.375 e. The summed E-state index contributed by atoms with van der Waals surface area (Å²) in [6, 6.07) is 17.6. The molecule has 0 aliphatic rings. The molecule has 0 aromatic heterocycles. The maximum absolute atomic E-state index is 10.8. The first-order valence-electron chi connectivity index (χ1n) is 8.85. The van der Waals surface area contributed by atoms with E-state index in [2.05, 4.69) is 5.92 Å². The van der Waals surface area contributed by atoms with Crippen LogP contribution >= 0.6 is 7.60 Å². The minimum atomic E-state index is -4.15. The molecular weight excluding hydrogens is 377 g/mol. The van der Waals surface area contributed by atoms with Gasteiger partial charge in [0.2, 0.25) is 0 Å². The summed E-state index contributed by atoms with van der Waals surface area (Å²) in [6.45, 7) is 1.64. The second kappa shape index (κ2) is 11.1. The molecular formula is C21H26NO5P. The average Bonchev–Trinajstić information content (AvgIpc) is 2.66. The van der Waals surface area contributed by atoms with Gasteiger partial charge in [-0.15, -0.1) is 6.42 Å². The molecule has 0 saturated heterocycles. The second-order valence-electron chi connectivity index (χ2n) is 6.52. The molecule has 2 aromatic carbocycles. The third-order valence-corrected chi connectivity index (χ3v) is 4.67. The molecule has 1 unspecified atom stereocenters. The van der Waals surface area contributed by atoms with Crippen molar-refractivity contribution in [3.05, 3.63) is 71.3 Å². The molecule has 6 nitrogen and oxygen atoms in total. The number of likely N-dealkylation sites (N-methyl/N-ethyl adjacent to an activating group) is 1. The number of terminal acetylenes is 1. The van der Waals surface area contributed by atoms with Gasteiger partial charge in [-0.3, -0.25) is 9.46 Å². The molecule has 2 N–H and O–H groups in total. The van der Waals surface area contributed by atoms with Crippen molar-refractivity contribution in [1.82, 2.24) is 4.90 Å². The van der Waals surface area contributed by atoms with Crippen LogP contribution in [0.3, 0.4) is 0 Å². The van der Waals surface area contributed by atoms with Crippen LogP contribution in [-0.4, -0.2) is 41.2 Å². The van der Waals surface area contributed by atoms with Gasteiger partial charge >= 0.3 is 7.60 Å². The smallest absolute Gasteiger partial charge is 0.350 e. The van der Waals surface area contributed by atoms with Crippen molar-refractivity contribution in [2.45, 2.75) is 19.3 Å². The van der Waals surface area contributed by atoms with Crippen LogP contribution in [0.1, 0.15) is 22.7 Å². The monoisotopic (exact) mass is 403 g/mol. The summed E-state index contributed by atoms with van der Waals surface area (Å²) >= 11 is 0. The van der Waals surface area contributed by atoms with Crippen molar-refractivity contribution in [2.24, 2.45) is 0 Å². The number of hydrogen-bond donors (Lipinski definition) is 2. The van der Waals surface area contributed by atoms with E-state index in [9.17, 15) is 4.57 Å². The molecule has 1 atom stereocenters. The predicted octanol–water partition coefficient (Wildman–Crippen LogP) is 3.16. The lowest BCUT2D eigenvalue weighted by atomic mass is 10.0. The SMILES string of the molecule is C#CCN(C)C(COCc1ccccc1)c1ccc(COCP(=O)(O)O)cc1. The summed E-state index contributed by atoms with van der Waals surface area (Å²) in [7, 11) is -2.20. The highest BCUT2D eigenvalue weighted by molar-refractivity contribution is 7.51. The van der Waals surface area contributed by atoms with E-state index in [1.54, 1.807) is 0 Å². The van der Waals surface area contributed by atoms with E-state index < -0.39 is 13.9 Å². The molecule has 7 heteroatoms. The van der Waals surface area contributed by atoms with Crippen LogP contribution < -0.4 is 0 Å². The number of ether oxygens (including phenoxy) is 2. The maximum Gasteiger partial charge on any atom is 0.350 e. The Labute approximate surface area is 166 Å². The Morgan fingerprint density at radius 3 is 2.25 bits per heavy atom. The Hall–Kier alpha value is -1.97. The molecule has 0 spiro atoms. The molecule has 2 rings (SSSR count). The first-order chi connectivity index (χ1) is 13.4. The summed E-state index contributed by atoms with van der Waals surface area (Å²) < 4.78 is 21.8. The third kappa shape index (κ3) is 7.95. The zero-order valence-electron chi connectivity index (χ0n) is 15.9. The van der Waals surface area contributed by atoms with Gasteiger partial charge in [-0.1, -0.05) is 60.5 Å². The van der Waals surface area contributed by atoms with Crippen molar-refractivity contribution >= 4 is 7.60 Å². The molecule has 0 saturated carbocycles. The van der Waals surface area contributed by atoms with Crippen LogP contribution in [0.15, 0.2) is 54.6 Å². The first kappa shape index (κ1) is 22.3. The van der Waals surface area contributed by atoms with Crippen LogP contribution in [0.4, 0.5) is 0 Å². The van der Waals surface area contributed by atoms with E-state index in [4.69, 9.17) is 25.7 Å². The molecule has 0 fully saturated rings. The van der Waals surface area contributed by atoms with Crippen molar-refractivity contribution in [3.8, 4) is 12.3 Å². The number of hydrogen-bond acceptors (Lipinski definition) is 4. The third-order valence-electron chi connectivity index (χ3n) is 4.15. The molecule has 0 radical (unpaired) electrons. The van der Waals surface area contributed by atoms with E-state index in [1.165, 1.54) is 0 Å². The first-order valence-corrected chi connectivity index (χ1v) is 10.7. The fourth-order valence-corrected chi connectivity index (χ4v) is 3.04. The Bertz CT molecular complexity index is 798. The average molecular weight is 403 g/mol. The lowest BCUT2D eigenvalue weighted by molar-refractivity contribution is 0.0643. The van der Waals surface area contributed by atoms with Gasteiger partial charge in [0.05, 0.1) is 32.4 Å². The molecule has 0 amide bonds. The zero-order chi connectivity index (χ0) is 20.4. The van der Waals surface area contributed by atoms with E-state index in [0.29, 0.717) is 19.8 Å². The Kier molecular flexibility index (Phi) is 8.88. The molecule has 0 heterocycles. The minimum absolute atomic E-state index is 0.00942. The van der Waals surface area contributed by atoms with E-state index in [1.807, 2.05) is 66.5 Å². The number of rotatable bonds is 11. The van der Waals surface area contributed by atoms with Crippen LogP contribution in [0, 0.1) is 12.3 Å². The van der Waals surface area contributed by atoms with Gasteiger partial charge in [-0.05, 0) is 23.7 Å². The summed E-state index contributed by atoms with van der Waals surface area (Å²) in [5.74, 6) is 2.66. The van der Waals surface area contributed by atoms with Gasteiger partial charge in [-0.25, -0.2) is 0 Å². The zero-order valence-corrected chi connectivity index (χ0v) is 16.8. The quantitative estimate of drug-likeness (QED) is 0.443. The van der Waals surface area contributed by atoms with Gasteiger partial charge in [0.15, 0.2) is 0 Å². The number of nitrogens with zero attached hydrogens (tertiary/aromatic N) is 1. The molecule has 28 heavy (non-hydrogen) atoms. The Morgan fingerprint density at radius 1 is 1.04 bits per heavy atom. The molecule has 2 aromatic rings. The number of benzene rings is 2. The van der Waals surface area contributed by atoms with E-state index >= 15 is 0 Å². The maximum atomic E-state index is 10.8. The molecule has 150 valence electrons. The molecule has 0 aliphatic carbocycles. The highest BCUT2D eigenvalue weighted by atomic mass is 31.2. The van der Waals surface area contributed by atoms with E-state index in [-0.39, 0.29) is 12.6 Å². The fraction of sp³-hybridized carbons (Fsp3) is 0.333. The van der Waals surface area contributed by atoms with Gasteiger partial charge in [0.25, 0.3) is 0 Å². The lowest BCUT2D eigenvalue weighted by Crippen LogP contribution is -2.28. The highest BCUT2D eigenvalue weighted by Crippen LogP contribution is 2.34. The Balaban J connectivity index is 1.97. The summed E-state index contributed by atoms with van der Waals surface area (Å²) in [5, 5.41) is 0. The fourth-order valence-electron chi connectivity index (χ4n) is 2.71. The van der Waals surface area contributed by atoms with Crippen molar-refractivity contribution in [1.29, 1.82) is 0 Å². The summed E-state index contributed by atoms with van der Waals surface area (Å²) in [6.07, 6.45) is 4.88.